The van der Waals surface area contributed by atoms with E-state index in [9.17, 15) is 22.4 Å². The number of ketones is 1. The number of allylic oxidation sites excluding steroid dienone is 2. The average Bonchev–Trinajstić information content (AvgIpc) is 2.76. The van der Waals surface area contributed by atoms with Gasteiger partial charge in [-0.05, 0) is 78.6 Å². The van der Waals surface area contributed by atoms with Crippen molar-refractivity contribution >= 4 is 11.9 Å². The van der Waals surface area contributed by atoms with Crippen LogP contribution in [0.15, 0.2) is 61.6 Å². The first kappa shape index (κ1) is 26.0. The topological polar surface area (TPSA) is 39.2 Å². The van der Waals surface area contributed by atoms with Gasteiger partial charge in [-0.1, -0.05) is 39.2 Å². The number of halogens is 4. The zero-order chi connectivity index (χ0) is 24.8. The molecule has 0 spiro atoms. The molecule has 3 nitrogen and oxygen atoms in total. The number of ether oxygens (including phenoxy) is 1. The van der Waals surface area contributed by atoms with Crippen LogP contribution in [0, 0.1) is 6.92 Å². The van der Waals surface area contributed by atoms with Crippen LogP contribution < -0.4 is 4.74 Å². The molecule has 0 fully saturated rings. The smallest absolute Gasteiger partial charge is 0.433 e. The van der Waals surface area contributed by atoms with Crippen molar-refractivity contribution in [1.82, 2.24) is 4.98 Å². The standard InChI is InChI=1S/C26H27F4NO2/c1-6-8-20(10-9-16(3)24(32)18(5)27)22-14-19(7-2)13-17(4)25(22)33-21-11-12-23(31-15-21)26(28,29)30/h7,11-15,20H,2-3,5-6,8-10H2,1,4H3. The summed E-state index contributed by atoms with van der Waals surface area (Å²) < 4.78 is 57.7. The van der Waals surface area contributed by atoms with Gasteiger partial charge in [-0.15, -0.1) is 0 Å². The average molecular weight is 461 g/mol. The molecule has 1 aromatic carbocycles. The van der Waals surface area contributed by atoms with Crippen LogP contribution in [-0.4, -0.2) is 10.8 Å². The molecule has 2 rings (SSSR count). The summed E-state index contributed by atoms with van der Waals surface area (Å²) in [6.45, 7) is 14.4. The van der Waals surface area contributed by atoms with Gasteiger partial charge in [0.15, 0.2) is 5.83 Å². The lowest BCUT2D eigenvalue weighted by Crippen LogP contribution is -2.08. The molecule has 0 radical (unpaired) electrons. The number of pyridine rings is 1. The second-order valence-electron chi connectivity index (χ2n) is 7.80. The van der Waals surface area contributed by atoms with E-state index in [0.717, 1.165) is 41.8 Å². The van der Waals surface area contributed by atoms with Crippen molar-refractivity contribution in [3.8, 4) is 11.5 Å². The fourth-order valence-electron chi connectivity index (χ4n) is 3.57. The second kappa shape index (κ2) is 11.1. The number of alkyl halides is 3. The fourth-order valence-corrected chi connectivity index (χ4v) is 3.57. The number of aromatic nitrogens is 1. The molecule has 1 heterocycles. The van der Waals surface area contributed by atoms with Crippen molar-refractivity contribution in [2.75, 3.05) is 0 Å². The molecule has 0 amide bonds. The van der Waals surface area contributed by atoms with Gasteiger partial charge < -0.3 is 4.74 Å². The van der Waals surface area contributed by atoms with Gasteiger partial charge >= 0.3 is 6.18 Å². The third-order valence-corrected chi connectivity index (χ3v) is 5.25. The number of aryl methyl sites for hydroxylation is 1. The van der Waals surface area contributed by atoms with Crippen molar-refractivity contribution in [1.29, 1.82) is 0 Å². The van der Waals surface area contributed by atoms with E-state index in [1.165, 1.54) is 6.07 Å². The SMILES string of the molecule is C=Cc1cc(C)c(Oc2ccc(C(F)(F)F)nc2)c(C(CCC)CCC(=C)C(=O)C(=C)F)c1. The zero-order valence-corrected chi connectivity index (χ0v) is 18.8. The van der Waals surface area contributed by atoms with E-state index in [1.54, 1.807) is 6.08 Å². The molecule has 0 N–H and O–H groups in total. The largest absolute Gasteiger partial charge is 0.455 e. The predicted molar refractivity (Wildman–Crippen MR) is 122 cm³/mol. The van der Waals surface area contributed by atoms with Crippen LogP contribution in [0.4, 0.5) is 17.6 Å². The van der Waals surface area contributed by atoms with Crippen molar-refractivity contribution in [3.05, 3.63) is 84.0 Å². The normalized spacial score (nSPS) is 12.2. The molecule has 0 saturated carbocycles. The van der Waals surface area contributed by atoms with E-state index >= 15 is 0 Å². The number of benzene rings is 1. The summed E-state index contributed by atoms with van der Waals surface area (Å²) in [7, 11) is 0. The van der Waals surface area contributed by atoms with Crippen molar-refractivity contribution in [3.63, 3.8) is 0 Å². The number of nitrogens with zero attached hydrogens (tertiary/aromatic N) is 1. The van der Waals surface area contributed by atoms with Gasteiger partial charge in [-0.25, -0.2) is 9.37 Å². The number of rotatable bonds is 11. The van der Waals surface area contributed by atoms with Gasteiger partial charge in [0.05, 0.1) is 6.20 Å². The molecule has 2 aromatic rings. The highest BCUT2D eigenvalue weighted by Gasteiger charge is 2.32. The Hall–Kier alpha value is -3.22. The van der Waals surface area contributed by atoms with E-state index in [4.69, 9.17) is 4.74 Å². The van der Waals surface area contributed by atoms with Crippen molar-refractivity contribution in [2.45, 2.75) is 51.6 Å². The molecular formula is C26H27F4NO2. The van der Waals surface area contributed by atoms with E-state index in [0.29, 0.717) is 12.2 Å². The maximum absolute atomic E-state index is 13.2. The third-order valence-electron chi connectivity index (χ3n) is 5.25. The third kappa shape index (κ3) is 6.88. The minimum absolute atomic E-state index is 0.0663. The quantitative estimate of drug-likeness (QED) is 0.251. The van der Waals surface area contributed by atoms with Gasteiger partial charge in [-0.3, -0.25) is 4.79 Å². The zero-order valence-electron chi connectivity index (χ0n) is 18.8. The number of carbonyl (C=O) groups is 1. The summed E-state index contributed by atoms with van der Waals surface area (Å²) >= 11 is 0. The molecule has 1 unspecified atom stereocenters. The molecule has 1 aromatic heterocycles. The lowest BCUT2D eigenvalue weighted by molar-refractivity contribution is -0.141. The van der Waals surface area contributed by atoms with Gasteiger partial charge in [0.1, 0.15) is 17.2 Å². The van der Waals surface area contributed by atoms with Gasteiger partial charge in [0.2, 0.25) is 5.78 Å². The maximum atomic E-state index is 13.2. The Morgan fingerprint density at radius 2 is 1.91 bits per heavy atom. The minimum Gasteiger partial charge on any atom is -0.455 e. The fraction of sp³-hybridized carbons (Fsp3) is 0.308. The number of hydrogen-bond acceptors (Lipinski definition) is 3. The molecule has 1 atom stereocenters. The molecule has 0 aliphatic heterocycles. The molecule has 0 saturated heterocycles. The van der Waals surface area contributed by atoms with Gasteiger partial charge in [0, 0.05) is 0 Å². The molecule has 0 aliphatic carbocycles. The van der Waals surface area contributed by atoms with Crippen LogP contribution in [0.5, 0.6) is 11.5 Å². The number of carbonyl (C=O) groups excluding carboxylic acids is 1. The predicted octanol–water partition coefficient (Wildman–Crippen LogP) is 8.12. The van der Waals surface area contributed by atoms with E-state index in [-0.39, 0.29) is 23.7 Å². The summed E-state index contributed by atoms with van der Waals surface area (Å²) in [5.74, 6) is -1.23. The summed E-state index contributed by atoms with van der Waals surface area (Å²) in [6, 6.07) is 5.86. The molecular weight excluding hydrogens is 434 g/mol. The highest BCUT2D eigenvalue weighted by molar-refractivity contribution is 6.05. The first-order chi connectivity index (χ1) is 15.5. The van der Waals surface area contributed by atoms with Gasteiger partial charge in [0.25, 0.3) is 0 Å². The van der Waals surface area contributed by atoms with E-state index < -0.39 is 23.5 Å². The Balaban J connectivity index is 2.41. The highest BCUT2D eigenvalue weighted by Crippen LogP contribution is 2.40. The molecule has 0 bridgehead atoms. The molecule has 0 aliphatic rings. The van der Waals surface area contributed by atoms with E-state index in [2.05, 4.69) is 24.7 Å². The first-order valence-corrected chi connectivity index (χ1v) is 10.5. The Bertz CT molecular complexity index is 1040. The van der Waals surface area contributed by atoms with Crippen LogP contribution >= 0.6 is 0 Å². The molecule has 176 valence electrons. The van der Waals surface area contributed by atoms with E-state index in [1.807, 2.05) is 26.0 Å². The highest BCUT2D eigenvalue weighted by atomic mass is 19.4. The Kier molecular flexibility index (Phi) is 8.74. The maximum Gasteiger partial charge on any atom is 0.433 e. The summed E-state index contributed by atoms with van der Waals surface area (Å²) in [4.78, 5) is 15.3. The minimum atomic E-state index is -4.54. The van der Waals surface area contributed by atoms with Crippen LogP contribution in [0.1, 0.15) is 60.9 Å². The first-order valence-electron chi connectivity index (χ1n) is 10.5. The van der Waals surface area contributed by atoms with Crippen LogP contribution in [0.2, 0.25) is 0 Å². The second-order valence-corrected chi connectivity index (χ2v) is 7.80. The van der Waals surface area contributed by atoms with Crippen molar-refractivity contribution in [2.24, 2.45) is 0 Å². The number of hydrogen-bond donors (Lipinski definition) is 0. The molecule has 7 heteroatoms. The Labute approximate surface area is 191 Å². The van der Waals surface area contributed by atoms with Crippen LogP contribution in [-0.2, 0) is 11.0 Å². The van der Waals surface area contributed by atoms with Gasteiger partial charge in [-0.2, -0.15) is 13.2 Å². The number of Topliss-reactive ketones (excluding diaryl/α,β-unsaturated/α-hetero) is 1. The lowest BCUT2D eigenvalue weighted by atomic mass is 9.85. The summed E-state index contributed by atoms with van der Waals surface area (Å²) in [6.07, 6.45) is 0.550. The van der Waals surface area contributed by atoms with Crippen LogP contribution in [0.25, 0.3) is 6.08 Å². The van der Waals surface area contributed by atoms with Crippen molar-refractivity contribution < 1.29 is 27.1 Å². The molecule has 33 heavy (non-hydrogen) atoms. The lowest BCUT2D eigenvalue weighted by Gasteiger charge is -2.23. The van der Waals surface area contributed by atoms with Crippen LogP contribution in [0.3, 0.4) is 0 Å². The summed E-state index contributed by atoms with van der Waals surface area (Å²) in [5.41, 5.74) is 1.58. The monoisotopic (exact) mass is 461 g/mol. The Morgan fingerprint density at radius 1 is 1.21 bits per heavy atom. The Morgan fingerprint density at radius 3 is 2.42 bits per heavy atom. The summed E-state index contributed by atoms with van der Waals surface area (Å²) in [5, 5.41) is 0.